The number of halogens is 1. The van der Waals surface area contributed by atoms with Crippen LogP contribution < -0.4 is 11.1 Å². The molecule has 0 radical (unpaired) electrons. The van der Waals surface area contributed by atoms with Crippen molar-refractivity contribution in [3.8, 4) is 0 Å². The molecule has 0 spiro atoms. The third-order valence-electron chi connectivity index (χ3n) is 3.46. The highest BCUT2D eigenvalue weighted by Crippen LogP contribution is 2.14. The Labute approximate surface area is 111 Å². The first-order chi connectivity index (χ1) is 7.47. The number of nitrogens with zero attached hydrogens (tertiary/aromatic N) is 1. The Morgan fingerprint density at radius 2 is 2.24 bits per heavy atom. The monoisotopic (exact) mass is 263 g/mol. The van der Waals surface area contributed by atoms with Crippen molar-refractivity contribution >= 4 is 18.3 Å². The van der Waals surface area contributed by atoms with Crippen LogP contribution >= 0.6 is 12.4 Å². The van der Waals surface area contributed by atoms with Gasteiger partial charge >= 0.3 is 0 Å². The number of likely N-dealkylation sites (N-methyl/N-ethyl adjacent to an activating group) is 1. The van der Waals surface area contributed by atoms with Gasteiger partial charge in [-0.15, -0.1) is 12.4 Å². The van der Waals surface area contributed by atoms with Crippen LogP contribution in [0.5, 0.6) is 0 Å². The molecule has 4 nitrogen and oxygen atoms in total. The second kappa shape index (κ2) is 7.19. The maximum absolute atomic E-state index is 11.9. The van der Waals surface area contributed by atoms with Gasteiger partial charge in [-0.05, 0) is 39.8 Å². The molecule has 1 aliphatic rings. The van der Waals surface area contributed by atoms with E-state index in [1.54, 1.807) is 0 Å². The number of carbonyl (C=O) groups excluding carboxylic acids is 1. The van der Waals surface area contributed by atoms with Gasteiger partial charge in [-0.25, -0.2) is 0 Å². The number of nitrogens with one attached hydrogen (secondary N) is 1. The lowest BCUT2D eigenvalue weighted by atomic mass is 9.96. The molecule has 1 rings (SSSR count). The van der Waals surface area contributed by atoms with Crippen LogP contribution in [0.2, 0.25) is 0 Å². The standard InChI is InChI=1S/C12H25N3O.ClH/c1-4-7-12(2,13)11(16)14-9-10-6-5-8-15(10)3;/h10H,4-9,13H2,1-3H3,(H,14,16);1H. The molecule has 3 N–H and O–H groups in total. The lowest BCUT2D eigenvalue weighted by Gasteiger charge is -2.25. The van der Waals surface area contributed by atoms with Crippen molar-refractivity contribution in [1.29, 1.82) is 0 Å². The van der Waals surface area contributed by atoms with Gasteiger partial charge in [0, 0.05) is 12.6 Å². The fourth-order valence-electron chi connectivity index (χ4n) is 2.28. The second-order valence-electron chi connectivity index (χ2n) is 5.15. The molecule has 0 bridgehead atoms. The Morgan fingerprint density at radius 3 is 2.71 bits per heavy atom. The Bertz CT molecular complexity index is 246. The third kappa shape index (κ3) is 4.82. The first-order valence-electron chi connectivity index (χ1n) is 6.25. The highest BCUT2D eigenvalue weighted by molar-refractivity contribution is 5.85. The van der Waals surface area contributed by atoms with Crippen LogP contribution in [0, 0.1) is 0 Å². The Balaban J connectivity index is 0.00000256. The molecular weight excluding hydrogens is 238 g/mol. The van der Waals surface area contributed by atoms with E-state index in [1.807, 2.05) is 13.8 Å². The van der Waals surface area contributed by atoms with E-state index in [1.165, 1.54) is 12.8 Å². The SMILES string of the molecule is CCCC(C)(N)C(=O)NCC1CCCN1C.Cl. The molecule has 17 heavy (non-hydrogen) atoms. The maximum Gasteiger partial charge on any atom is 0.239 e. The van der Waals surface area contributed by atoms with Gasteiger partial charge in [0.2, 0.25) is 5.91 Å². The summed E-state index contributed by atoms with van der Waals surface area (Å²) in [5.41, 5.74) is 5.25. The first kappa shape index (κ1) is 16.7. The topological polar surface area (TPSA) is 58.4 Å². The van der Waals surface area contributed by atoms with Crippen molar-refractivity contribution in [2.75, 3.05) is 20.1 Å². The van der Waals surface area contributed by atoms with Crippen molar-refractivity contribution in [2.24, 2.45) is 5.73 Å². The van der Waals surface area contributed by atoms with E-state index in [2.05, 4.69) is 17.3 Å². The van der Waals surface area contributed by atoms with E-state index < -0.39 is 5.54 Å². The van der Waals surface area contributed by atoms with Crippen LogP contribution in [-0.4, -0.2) is 42.5 Å². The van der Waals surface area contributed by atoms with Gasteiger partial charge in [-0.3, -0.25) is 4.79 Å². The van der Waals surface area contributed by atoms with Crippen LogP contribution in [0.1, 0.15) is 39.5 Å². The maximum atomic E-state index is 11.9. The van der Waals surface area contributed by atoms with Crippen LogP contribution in [0.15, 0.2) is 0 Å². The minimum absolute atomic E-state index is 0. The van der Waals surface area contributed by atoms with E-state index in [4.69, 9.17) is 5.73 Å². The summed E-state index contributed by atoms with van der Waals surface area (Å²) in [6, 6.07) is 0.487. The molecule has 0 aromatic heterocycles. The fourth-order valence-corrected chi connectivity index (χ4v) is 2.28. The van der Waals surface area contributed by atoms with Gasteiger partial charge in [0.15, 0.2) is 0 Å². The predicted molar refractivity (Wildman–Crippen MR) is 73.4 cm³/mol. The molecule has 0 aromatic carbocycles. The molecule has 0 saturated carbocycles. The molecule has 0 aliphatic carbocycles. The molecule has 102 valence electrons. The fraction of sp³-hybridized carbons (Fsp3) is 0.917. The zero-order chi connectivity index (χ0) is 12.2. The Morgan fingerprint density at radius 1 is 1.59 bits per heavy atom. The molecule has 5 heteroatoms. The number of hydrogen-bond acceptors (Lipinski definition) is 3. The number of carbonyl (C=O) groups is 1. The molecule has 1 amide bonds. The van der Waals surface area contributed by atoms with Crippen molar-refractivity contribution in [2.45, 2.75) is 51.1 Å². The first-order valence-corrected chi connectivity index (χ1v) is 6.25. The smallest absolute Gasteiger partial charge is 0.239 e. The molecule has 1 heterocycles. The van der Waals surface area contributed by atoms with Crippen molar-refractivity contribution in [1.82, 2.24) is 10.2 Å². The average molecular weight is 264 g/mol. The molecule has 0 aromatic rings. The molecule has 1 saturated heterocycles. The van der Waals surface area contributed by atoms with Gasteiger partial charge in [0.05, 0.1) is 5.54 Å². The largest absolute Gasteiger partial charge is 0.353 e. The number of amides is 1. The highest BCUT2D eigenvalue weighted by atomic mass is 35.5. The number of likely N-dealkylation sites (tertiary alicyclic amines) is 1. The predicted octanol–water partition coefficient (Wildman–Crippen LogP) is 1.14. The van der Waals surface area contributed by atoms with Gasteiger partial charge in [0.25, 0.3) is 0 Å². The van der Waals surface area contributed by atoms with Crippen LogP contribution in [0.4, 0.5) is 0 Å². The average Bonchev–Trinajstić information content (AvgIpc) is 2.60. The van der Waals surface area contributed by atoms with Gasteiger partial charge in [-0.2, -0.15) is 0 Å². The summed E-state index contributed by atoms with van der Waals surface area (Å²) in [4.78, 5) is 14.2. The number of hydrogen-bond donors (Lipinski definition) is 2. The summed E-state index contributed by atoms with van der Waals surface area (Å²) < 4.78 is 0. The highest BCUT2D eigenvalue weighted by Gasteiger charge is 2.28. The molecule has 2 atom stereocenters. The lowest BCUT2D eigenvalue weighted by molar-refractivity contribution is -0.126. The molecule has 1 aliphatic heterocycles. The van der Waals surface area contributed by atoms with Gasteiger partial charge in [0.1, 0.15) is 0 Å². The summed E-state index contributed by atoms with van der Waals surface area (Å²) in [6.07, 6.45) is 4.07. The summed E-state index contributed by atoms with van der Waals surface area (Å²) in [5.74, 6) is -0.0188. The van der Waals surface area contributed by atoms with Gasteiger partial charge < -0.3 is 16.0 Å². The quantitative estimate of drug-likeness (QED) is 0.782. The van der Waals surface area contributed by atoms with E-state index in [9.17, 15) is 4.79 Å². The third-order valence-corrected chi connectivity index (χ3v) is 3.46. The van der Waals surface area contributed by atoms with E-state index in [0.29, 0.717) is 6.04 Å². The minimum atomic E-state index is -0.716. The molecule has 2 unspecified atom stereocenters. The number of nitrogens with two attached hydrogens (primary N) is 1. The van der Waals surface area contributed by atoms with Crippen LogP contribution in [0.3, 0.4) is 0 Å². The lowest BCUT2D eigenvalue weighted by Crippen LogP contribution is -2.53. The molecular formula is C12H26ClN3O. The summed E-state index contributed by atoms with van der Waals surface area (Å²) >= 11 is 0. The Hall–Kier alpha value is -0.320. The van der Waals surface area contributed by atoms with Crippen LogP contribution in [-0.2, 0) is 4.79 Å². The molecule has 1 fully saturated rings. The number of rotatable bonds is 5. The second-order valence-corrected chi connectivity index (χ2v) is 5.15. The summed E-state index contributed by atoms with van der Waals surface area (Å²) in [6.45, 7) is 5.72. The zero-order valence-corrected chi connectivity index (χ0v) is 12.0. The van der Waals surface area contributed by atoms with E-state index >= 15 is 0 Å². The van der Waals surface area contributed by atoms with Crippen molar-refractivity contribution < 1.29 is 4.79 Å². The van der Waals surface area contributed by atoms with E-state index in [-0.39, 0.29) is 18.3 Å². The van der Waals surface area contributed by atoms with Crippen molar-refractivity contribution in [3.05, 3.63) is 0 Å². The summed E-state index contributed by atoms with van der Waals surface area (Å²) in [7, 11) is 2.11. The minimum Gasteiger partial charge on any atom is -0.353 e. The van der Waals surface area contributed by atoms with Crippen molar-refractivity contribution in [3.63, 3.8) is 0 Å². The zero-order valence-electron chi connectivity index (χ0n) is 11.2. The Kier molecular flexibility index (Phi) is 7.05. The van der Waals surface area contributed by atoms with Crippen LogP contribution in [0.25, 0.3) is 0 Å². The summed E-state index contributed by atoms with van der Waals surface area (Å²) in [5, 5.41) is 2.97. The van der Waals surface area contributed by atoms with Gasteiger partial charge in [-0.1, -0.05) is 13.3 Å². The van der Waals surface area contributed by atoms with E-state index in [0.717, 1.165) is 25.9 Å². The normalized spacial score (nSPS) is 23.9.